The standard InChI is InChI=1S/C23H25F3N2O4S/c1-16(29)18-5-9-21(10-6-18)33(31,32)28-13-11-19(12-14-28)22(30)27(2)15-17-3-7-20(8-4-17)23(24,25)26/h3-10,19H,11-15H2,1-2H3. The summed E-state index contributed by atoms with van der Waals surface area (Å²) in [6.07, 6.45) is -3.72. The lowest BCUT2D eigenvalue weighted by atomic mass is 9.96. The number of alkyl halides is 3. The van der Waals surface area contributed by atoms with Crippen LogP contribution in [0.4, 0.5) is 13.2 Å². The van der Waals surface area contributed by atoms with E-state index < -0.39 is 21.8 Å². The van der Waals surface area contributed by atoms with Gasteiger partial charge in [0.25, 0.3) is 0 Å². The molecule has 0 radical (unpaired) electrons. The van der Waals surface area contributed by atoms with E-state index in [1.54, 1.807) is 7.05 Å². The number of hydrogen-bond donors (Lipinski definition) is 0. The number of amides is 1. The minimum absolute atomic E-state index is 0.0942. The first-order valence-electron chi connectivity index (χ1n) is 10.4. The zero-order valence-corrected chi connectivity index (χ0v) is 19.1. The SMILES string of the molecule is CC(=O)c1ccc(S(=O)(=O)N2CCC(C(=O)N(C)Cc3ccc(C(F)(F)F)cc3)CC2)cc1. The predicted octanol–water partition coefficient (Wildman–Crippen LogP) is 3.97. The highest BCUT2D eigenvalue weighted by atomic mass is 32.2. The van der Waals surface area contributed by atoms with Crippen molar-refractivity contribution in [2.75, 3.05) is 20.1 Å². The molecule has 178 valence electrons. The molecular weight excluding hydrogens is 457 g/mol. The van der Waals surface area contributed by atoms with Crippen LogP contribution in [0.15, 0.2) is 53.4 Å². The molecule has 10 heteroatoms. The Morgan fingerprint density at radius 3 is 2.03 bits per heavy atom. The van der Waals surface area contributed by atoms with Gasteiger partial charge in [-0.15, -0.1) is 0 Å². The maximum atomic E-state index is 12.9. The molecule has 3 rings (SSSR count). The van der Waals surface area contributed by atoms with Crippen molar-refractivity contribution in [1.29, 1.82) is 0 Å². The molecule has 0 N–H and O–H groups in total. The lowest BCUT2D eigenvalue weighted by Gasteiger charge is -2.32. The first-order chi connectivity index (χ1) is 15.4. The molecule has 2 aromatic carbocycles. The van der Waals surface area contributed by atoms with Crippen molar-refractivity contribution < 1.29 is 31.2 Å². The van der Waals surface area contributed by atoms with Gasteiger partial charge in [-0.2, -0.15) is 17.5 Å². The Kier molecular flexibility index (Phi) is 7.28. The van der Waals surface area contributed by atoms with Crippen molar-refractivity contribution in [2.45, 2.75) is 37.4 Å². The van der Waals surface area contributed by atoms with Gasteiger partial charge in [-0.05, 0) is 49.6 Å². The summed E-state index contributed by atoms with van der Waals surface area (Å²) in [7, 11) is -2.15. The summed E-state index contributed by atoms with van der Waals surface area (Å²) in [6, 6.07) is 10.4. The van der Waals surface area contributed by atoms with Gasteiger partial charge in [-0.1, -0.05) is 24.3 Å². The molecule has 33 heavy (non-hydrogen) atoms. The number of benzene rings is 2. The van der Waals surface area contributed by atoms with E-state index in [1.165, 1.54) is 52.5 Å². The highest BCUT2D eigenvalue weighted by molar-refractivity contribution is 7.89. The number of hydrogen-bond acceptors (Lipinski definition) is 4. The van der Waals surface area contributed by atoms with E-state index in [1.807, 2.05) is 0 Å². The highest BCUT2D eigenvalue weighted by Gasteiger charge is 2.33. The van der Waals surface area contributed by atoms with Gasteiger partial charge < -0.3 is 4.90 Å². The number of sulfonamides is 1. The number of carbonyl (C=O) groups is 2. The maximum Gasteiger partial charge on any atom is 0.416 e. The van der Waals surface area contributed by atoms with Gasteiger partial charge >= 0.3 is 6.18 Å². The van der Waals surface area contributed by atoms with E-state index in [-0.39, 0.29) is 42.1 Å². The van der Waals surface area contributed by atoms with E-state index in [9.17, 15) is 31.2 Å². The third-order valence-electron chi connectivity index (χ3n) is 5.78. The zero-order valence-electron chi connectivity index (χ0n) is 18.3. The molecule has 1 heterocycles. The Balaban J connectivity index is 1.58. The Morgan fingerprint density at radius 1 is 1.00 bits per heavy atom. The number of halogens is 3. The molecular formula is C23H25F3N2O4S. The van der Waals surface area contributed by atoms with Crippen molar-refractivity contribution >= 4 is 21.7 Å². The lowest BCUT2D eigenvalue weighted by molar-refractivity contribution is -0.138. The Bertz CT molecular complexity index is 1110. The smallest absolute Gasteiger partial charge is 0.341 e. The third-order valence-corrected chi connectivity index (χ3v) is 7.69. The summed E-state index contributed by atoms with van der Waals surface area (Å²) in [5, 5.41) is 0. The molecule has 0 aromatic heterocycles. The van der Waals surface area contributed by atoms with Gasteiger partial charge in [0.1, 0.15) is 0 Å². The molecule has 0 saturated carbocycles. The normalized spacial score (nSPS) is 15.9. The van der Waals surface area contributed by atoms with Gasteiger partial charge in [-0.25, -0.2) is 8.42 Å². The quantitative estimate of drug-likeness (QED) is 0.584. The van der Waals surface area contributed by atoms with Gasteiger partial charge in [0.15, 0.2) is 5.78 Å². The second kappa shape index (κ2) is 9.64. The summed E-state index contributed by atoms with van der Waals surface area (Å²) >= 11 is 0. The average molecular weight is 483 g/mol. The second-order valence-corrected chi connectivity index (χ2v) is 10.1. The van der Waals surface area contributed by atoms with E-state index in [2.05, 4.69) is 0 Å². The minimum atomic E-state index is -4.41. The van der Waals surface area contributed by atoms with Gasteiger partial charge in [0.05, 0.1) is 10.5 Å². The molecule has 0 unspecified atom stereocenters. The van der Waals surface area contributed by atoms with Crippen LogP contribution in [0.1, 0.15) is 41.3 Å². The zero-order chi connectivity index (χ0) is 24.4. The number of rotatable bonds is 6. The molecule has 1 amide bonds. The average Bonchev–Trinajstić information content (AvgIpc) is 2.78. The van der Waals surface area contributed by atoms with Gasteiger partial charge in [0, 0.05) is 38.2 Å². The fourth-order valence-electron chi connectivity index (χ4n) is 3.82. The summed E-state index contributed by atoms with van der Waals surface area (Å²) in [5.74, 6) is -0.688. The molecule has 0 aliphatic carbocycles. The monoisotopic (exact) mass is 482 g/mol. The molecule has 1 saturated heterocycles. The maximum absolute atomic E-state index is 12.9. The van der Waals surface area contributed by atoms with Crippen molar-refractivity contribution in [1.82, 2.24) is 9.21 Å². The van der Waals surface area contributed by atoms with Crippen molar-refractivity contribution in [3.05, 3.63) is 65.2 Å². The number of Topliss-reactive ketones (excluding diaryl/α,β-unsaturated/α-hetero) is 1. The molecule has 1 fully saturated rings. The number of ketones is 1. The van der Waals surface area contributed by atoms with Crippen molar-refractivity contribution in [2.24, 2.45) is 5.92 Å². The molecule has 1 aliphatic heterocycles. The van der Waals surface area contributed by atoms with Crippen LogP contribution >= 0.6 is 0 Å². The Hall–Kier alpha value is -2.72. The van der Waals surface area contributed by atoms with E-state index in [4.69, 9.17) is 0 Å². The van der Waals surface area contributed by atoms with Crippen molar-refractivity contribution in [3.63, 3.8) is 0 Å². The van der Waals surface area contributed by atoms with E-state index >= 15 is 0 Å². The van der Waals surface area contributed by atoms with Gasteiger partial charge in [-0.3, -0.25) is 9.59 Å². The Labute approximate surface area is 191 Å². The number of nitrogens with zero attached hydrogens (tertiary/aromatic N) is 2. The second-order valence-electron chi connectivity index (χ2n) is 8.15. The van der Waals surface area contributed by atoms with Crippen LogP contribution in [0.25, 0.3) is 0 Å². The molecule has 0 atom stereocenters. The molecule has 0 bridgehead atoms. The highest BCUT2D eigenvalue weighted by Crippen LogP contribution is 2.29. The van der Waals surface area contributed by atoms with E-state index in [0.717, 1.165) is 12.1 Å². The van der Waals surface area contributed by atoms with Gasteiger partial charge in [0.2, 0.25) is 15.9 Å². The summed E-state index contributed by atoms with van der Waals surface area (Å²) in [4.78, 5) is 25.7. The van der Waals surface area contributed by atoms with Crippen LogP contribution in [0, 0.1) is 5.92 Å². The first kappa shape index (κ1) is 24.9. The fourth-order valence-corrected chi connectivity index (χ4v) is 5.29. The van der Waals surface area contributed by atoms with Crippen LogP contribution < -0.4 is 0 Å². The predicted molar refractivity (Wildman–Crippen MR) is 116 cm³/mol. The van der Waals surface area contributed by atoms with E-state index in [0.29, 0.717) is 24.0 Å². The molecule has 0 spiro atoms. The number of piperidine rings is 1. The Morgan fingerprint density at radius 2 is 1.55 bits per heavy atom. The van der Waals surface area contributed by atoms with Crippen LogP contribution in [0.5, 0.6) is 0 Å². The number of carbonyl (C=O) groups excluding carboxylic acids is 2. The topological polar surface area (TPSA) is 74.8 Å². The fraction of sp³-hybridized carbons (Fsp3) is 0.391. The summed E-state index contributed by atoms with van der Waals surface area (Å²) in [5.41, 5.74) is 0.256. The largest absolute Gasteiger partial charge is 0.416 e. The van der Waals surface area contributed by atoms with Crippen molar-refractivity contribution in [3.8, 4) is 0 Å². The third kappa shape index (κ3) is 5.80. The van der Waals surface area contributed by atoms with Crippen LogP contribution in [-0.4, -0.2) is 49.5 Å². The lowest BCUT2D eigenvalue weighted by Crippen LogP contribution is -2.43. The first-order valence-corrected chi connectivity index (χ1v) is 11.9. The molecule has 6 nitrogen and oxygen atoms in total. The summed E-state index contributed by atoms with van der Waals surface area (Å²) in [6.45, 7) is 1.93. The van der Waals surface area contributed by atoms with Crippen LogP contribution in [0.3, 0.4) is 0 Å². The minimum Gasteiger partial charge on any atom is -0.341 e. The van der Waals surface area contributed by atoms with Crippen LogP contribution in [0.2, 0.25) is 0 Å². The van der Waals surface area contributed by atoms with Crippen LogP contribution in [-0.2, 0) is 27.5 Å². The molecule has 1 aliphatic rings. The molecule has 2 aromatic rings. The summed E-state index contributed by atoms with van der Waals surface area (Å²) < 4.78 is 65.2.